The molecule has 2 aromatic rings. The molecule has 8 heteroatoms. The normalized spacial score (nSPS) is 17.0. The van der Waals surface area contributed by atoms with E-state index in [9.17, 15) is 9.59 Å². The Morgan fingerprint density at radius 3 is 2.85 bits per heavy atom. The number of urea groups is 1. The van der Waals surface area contributed by atoms with Crippen LogP contribution in [0.2, 0.25) is 0 Å². The SMILES string of the molecule is CCCNC(=O)N1CCC[C@H](c2nnc(C(=O)Nc3ccccc3)s2)C1. The van der Waals surface area contributed by atoms with Crippen molar-refractivity contribution in [2.75, 3.05) is 25.0 Å². The van der Waals surface area contributed by atoms with Crippen molar-refractivity contribution in [2.24, 2.45) is 0 Å². The van der Waals surface area contributed by atoms with Gasteiger partial charge in [0.05, 0.1) is 0 Å². The Labute approximate surface area is 156 Å². The molecule has 7 nitrogen and oxygen atoms in total. The highest BCUT2D eigenvalue weighted by Gasteiger charge is 2.27. The maximum absolute atomic E-state index is 12.3. The van der Waals surface area contributed by atoms with Crippen LogP contribution in [0.3, 0.4) is 0 Å². The van der Waals surface area contributed by atoms with Crippen LogP contribution in [0, 0.1) is 0 Å². The van der Waals surface area contributed by atoms with Gasteiger partial charge in [-0.1, -0.05) is 36.5 Å². The van der Waals surface area contributed by atoms with E-state index in [1.54, 1.807) is 0 Å². The zero-order valence-corrected chi connectivity index (χ0v) is 15.6. The van der Waals surface area contributed by atoms with Crippen LogP contribution in [0.15, 0.2) is 30.3 Å². The summed E-state index contributed by atoms with van der Waals surface area (Å²) < 4.78 is 0. The summed E-state index contributed by atoms with van der Waals surface area (Å²) in [5.41, 5.74) is 0.727. The number of hydrogen-bond donors (Lipinski definition) is 2. The number of para-hydroxylation sites is 1. The third-order valence-electron chi connectivity index (χ3n) is 4.25. The van der Waals surface area contributed by atoms with E-state index in [4.69, 9.17) is 0 Å². The van der Waals surface area contributed by atoms with Crippen molar-refractivity contribution in [1.29, 1.82) is 0 Å². The zero-order chi connectivity index (χ0) is 18.4. The molecule has 3 rings (SSSR count). The molecule has 1 aliphatic heterocycles. The summed E-state index contributed by atoms with van der Waals surface area (Å²) in [5.74, 6) is -0.125. The van der Waals surface area contributed by atoms with Crippen LogP contribution < -0.4 is 10.6 Å². The molecule has 1 aromatic heterocycles. The Kier molecular flexibility index (Phi) is 6.17. The van der Waals surface area contributed by atoms with Gasteiger partial charge in [0.1, 0.15) is 5.01 Å². The first-order chi connectivity index (χ1) is 12.7. The highest BCUT2D eigenvalue weighted by atomic mass is 32.1. The van der Waals surface area contributed by atoms with Gasteiger partial charge in [-0.15, -0.1) is 10.2 Å². The number of carbonyl (C=O) groups excluding carboxylic acids is 2. The second kappa shape index (κ2) is 8.75. The van der Waals surface area contributed by atoms with E-state index < -0.39 is 0 Å². The van der Waals surface area contributed by atoms with Gasteiger partial charge in [-0.25, -0.2) is 4.79 Å². The molecule has 26 heavy (non-hydrogen) atoms. The average Bonchev–Trinajstić information content (AvgIpc) is 3.17. The van der Waals surface area contributed by atoms with Crippen LogP contribution in [0.4, 0.5) is 10.5 Å². The highest BCUT2D eigenvalue weighted by molar-refractivity contribution is 7.13. The van der Waals surface area contributed by atoms with Gasteiger partial charge < -0.3 is 15.5 Å². The van der Waals surface area contributed by atoms with Gasteiger partial charge in [-0.3, -0.25) is 4.79 Å². The van der Waals surface area contributed by atoms with Crippen molar-refractivity contribution in [3.05, 3.63) is 40.3 Å². The molecule has 0 spiro atoms. The topological polar surface area (TPSA) is 87.2 Å². The smallest absolute Gasteiger partial charge is 0.317 e. The minimum Gasteiger partial charge on any atom is -0.338 e. The van der Waals surface area contributed by atoms with E-state index in [1.165, 1.54) is 11.3 Å². The summed E-state index contributed by atoms with van der Waals surface area (Å²) in [4.78, 5) is 26.3. The Hall–Kier alpha value is -2.48. The molecule has 1 saturated heterocycles. The summed E-state index contributed by atoms with van der Waals surface area (Å²) in [6.45, 7) is 4.09. The van der Waals surface area contributed by atoms with Gasteiger partial charge in [0.2, 0.25) is 5.01 Å². The van der Waals surface area contributed by atoms with Gasteiger partial charge >= 0.3 is 6.03 Å². The molecule has 0 aliphatic carbocycles. The summed E-state index contributed by atoms with van der Waals surface area (Å²) in [6, 6.07) is 9.25. The van der Waals surface area contributed by atoms with Crippen molar-refractivity contribution in [2.45, 2.75) is 32.1 Å². The third-order valence-corrected chi connectivity index (χ3v) is 5.34. The van der Waals surface area contributed by atoms with Crippen molar-refractivity contribution in [1.82, 2.24) is 20.4 Å². The summed E-state index contributed by atoms with van der Waals surface area (Å²) in [6.07, 6.45) is 2.79. The standard InChI is InChI=1S/C18H23N5O2S/c1-2-10-19-18(25)23-11-6-7-13(12-23)16-21-22-17(26-16)15(24)20-14-8-4-3-5-9-14/h3-5,8-9,13H,2,6-7,10-12H2,1H3,(H,19,25)(H,20,24)/t13-/m0/s1. The van der Waals surface area contributed by atoms with Crippen molar-refractivity contribution in [3.8, 4) is 0 Å². The van der Waals surface area contributed by atoms with Gasteiger partial charge in [0.25, 0.3) is 5.91 Å². The Morgan fingerprint density at radius 1 is 1.27 bits per heavy atom. The Bertz CT molecular complexity index is 749. The fourth-order valence-corrected chi connectivity index (χ4v) is 3.77. The molecule has 1 aliphatic rings. The number of anilines is 1. The van der Waals surface area contributed by atoms with Gasteiger partial charge in [0, 0.05) is 31.2 Å². The first kappa shape index (κ1) is 18.3. The fourth-order valence-electron chi connectivity index (χ4n) is 2.90. The van der Waals surface area contributed by atoms with Crippen LogP contribution in [-0.4, -0.2) is 46.7 Å². The number of nitrogens with zero attached hydrogens (tertiary/aromatic N) is 3. The Morgan fingerprint density at radius 2 is 2.08 bits per heavy atom. The van der Waals surface area contributed by atoms with Gasteiger partial charge in [-0.05, 0) is 31.4 Å². The van der Waals surface area contributed by atoms with Crippen LogP contribution in [0.5, 0.6) is 0 Å². The molecule has 3 amide bonds. The van der Waals surface area contributed by atoms with E-state index in [-0.39, 0.29) is 17.9 Å². The molecule has 0 unspecified atom stereocenters. The first-order valence-corrected chi connectivity index (χ1v) is 9.71. The molecule has 2 N–H and O–H groups in total. The minimum atomic E-state index is -0.256. The summed E-state index contributed by atoms with van der Waals surface area (Å²) in [7, 11) is 0. The average molecular weight is 373 g/mol. The second-order valence-electron chi connectivity index (χ2n) is 6.28. The number of piperidine rings is 1. The minimum absolute atomic E-state index is 0.0249. The molecule has 0 bridgehead atoms. The molecule has 138 valence electrons. The maximum Gasteiger partial charge on any atom is 0.317 e. The number of aromatic nitrogens is 2. The largest absolute Gasteiger partial charge is 0.338 e. The lowest BCUT2D eigenvalue weighted by Crippen LogP contribution is -2.45. The molecular weight excluding hydrogens is 350 g/mol. The lowest BCUT2D eigenvalue weighted by Gasteiger charge is -2.31. The highest BCUT2D eigenvalue weighted by Crippen LogP contribution is 2.29. The number of nitrogens with one attached hydrogen (secondary N) is 2. The molecule has 1 fully saturated rings. The zero-order valence-electron chi connectivity index (χ0n) is 14.8. The molecule has 2 heterocycles. The first-order valence-electron chi connectivity index (χ1n) is 8.90. The maximum atomic E-state index is 12.3. The number of rotatable bonds is 5. The van der Waals surface area contributed by atoms with E-state index in [0.717, 1.165) is 36.5 Å². The third kappa shape index (κ3) is 4.57. The van der Waals surface area contributed by atoms with Crippen molar-refractivity contribution < 1.29 is 9.59 Å². The quantitative estimate of drug-likeness (QED) is 0.843. The van der Waals surface area contributed by atoms with E-state index >= 15 is 0 Å². The predicted octanol–water partition coefficient (Wildman–Crippen LogP) is 3.09. The van der Waals surface area contributed by atoms with Crippen molar-refractivity contribution >= 4 is 29.0 Å². The number of amides is 3. The summed E-state index contributed by atoms with van der Waals surface area (Å²) in [5, 5.41) is 15.1. The van der Waals surface area contributed by atoms with Crippen molar-refractivity contribution in [3.63, 3.8) is 0 Å². The molecule has 0 saturated carbocycles. The van der Waals surface area contributed by atoms with Crippen LogP contribution in [0.25, 0.3) is 0 Å². The summed E-state index contributed by atoms with van der Waals surface area (Å²) >= 11 is 1.31. The predicted molar refractivity (Wildman–Crippen MR) is 102 cm³/mol. The number of benzene rings is 1. The van der Waals surface area contributed by atoms with Crippen LogP contribution in [0.1, 0.15) is 46.9 Å². The van der Waals surface area contributed by atoms with Crippen LogP contribution >= 0.6 is 11.3 Å². The molecule has 0 radical (unpaired) electrons. The second-order valence-corrected chi connectivity index (χ2v) is 7.29. The molecule has 1 atom stereocenters. The Balaban J connectivity index is 1.61. The monoisotopic (exact) mass is 373 g/mol. The molecular formula is C18H23N5O2S. The number of hydrogen-bond acceptors (Lipinski definition) is 5. The van der Waals surface area contributed by atoms with Gasteiger partial charge in [-0.2, -0.15) is 0 Å². The molecule has 1 aromatic carbocycles. The lowest BCUT2D eigenvalue weighted by atomic mass is 9.99. The number of likely N-dealkylation sites (tertiary alicyclic amines) is 1. The number of carbonyl (C=O) groups is 2. The van der Waals surface area contributed by atoms with Crippen LogP contribution in [-0.2, 0) is 0 Å². The van der Waals surface area contributed by atoms with E-state index in [2.05, 4.69) is 20.8 Å². The van der Waals surface area contributed by atoms with Gasteiger partial charge in [0.15, 0.2) is 0 Å². The lowest BCUT2D eigenvalue weighted by molar-refractivity contribution is 0.102. The van der Waals surface area contributed by atoms with E-state index in [1.807, 2.05) is 42.2 Å². The fraction of sp³-hybridized carbons (Fsp3) is 0.444. The van der Waals surface area contributed by atoms with E-state index in [0.29, 0.717) is 18.1 Å².